The van der Waals surface area contributed by atoms with E-state index in [9.17, 15) is 14.4 Å². The zero-order valence-corrected chi connectivity index (χ0v) is 13.1. The van der Waals surface area contributed by atoms with Crippen LogP contribution < -0.4 is 16.2 Å². The molecule has 120 valence electrons. The maximum absolute atomic E-state index is 12.1. The summed E-state index contributed by atoms with van der Waals surface area (Å²) >= 11 is 0. The number of aromatic nitrogens is 1. The second-order valence-electron chi connectivity index (χ2n) is 5.16. The van der Waals surface area contributed by atoms with Gasteiger partial charge in [-0.3, -0.25) is 14.4 Å². The Morgan fingerprint density at radius 1 is 1.17 bits per heavy atom. The zero-order valence-electron chi connectivity index (χ0n) is 13.1. The lowest BCUT2D eigenvalue weighted by Gasteiger charge is -2.06. The number of benzene rings is 1. The molecular weight excluding hydrogens is 294 g/mol. The van der Waals surface area contributed by atoms with Crippen LogP contribution in [0, 0.1) is 6.92 Å². The van der Waals surface area contributed by atoms with Crippen molar-refractivity contribution in [2.45, 2.75) is 13.3 Å². The second-order valence-corrected chi connectivity index (χ2v) is 5.16. The Morgan fingerprint density at radius 3 is 2.61 bits per heavy atom. The first-order valence-corrected chi connectivity index (χ1v) is 7.30. The number of hydrogen-bond donors (Lipinski definition) is 3. The molecule has 23 heavy (non-hydrogen) atoms. The fourth-order valence-electron chi connectivity index (χ4n) is 2.14. The fraction of sp³-hybridized carbons (Fsp3) is 0.235. The molecule has 0 aliphatic carbocycles. The maximum Gasteiger partial charge on any atom is 0.261 e. The van der Waals surface area contributed by atoms with Gasteiger partial charge in [-0.15, -0.1) is 0 Å². The number of hydrogen-bond acceptors (Lipinski definition) is 3. The largest absolute Gasteiger partial charge is 0.359 e. The van der Waals surface area contributed by atoms with Crippen molar-refractivity contribution in [2.24, 2.45) is 0 Å². The molecule has 0 aliphatic rings. The lowest BCUT2D eigenvalue weighted by molar-refractivity contribution is -0.120. The van der Waals surface area contributed by atoms with Gasteiger partial charge >= 0.3 is 0 Å². The minimum absolute atomic E-state index is 0.0262. The van der Waals surface area contributed by atoms with Crippen molar-refractivity contribution >= 4 is 11.8 Å². The first-order valence-electron chi connectivity index (χ1n) is 7.30. The van der Waals surface area contributed by atoms with E-state index in [4.69, 9.17) is 0 Å². The number of aryl methyl sites for hydroxylation is 1. The first kappa shape index (κ1) is 16.5. The van der Waals surface area contributed by atoms with E-state index in [0.29, 0.717) is 5.69 Å². The Morgan fingerprint density at radius 2 is 1.96 bits per heavy atom. The summed E-state index contributed by atoms with van der Waals surface area (Å²) in [6, 6.07) is 10.9. The highest BCUT2D eigenvalue weighted by Crippen LogP contribution is 2.16. The monoisotopic (exact) mass is 313 g/mol. The number of carbonyl (C=O) groups excluding carboxylic acids is 2. The Bertz CT molecular complexity index is 781. The standard InChI is InChI=1S/C17H19N3O3/c1-11-4-3-5-12(10-11)14-7-6-13(17(23)20-14)16(22)19-9-8-15(21)18-2/h3-7,10H,8-9H2,1-2H3,(H,18,21)(H,19,22)(H,20,23). The summed E-state index contributed by atoms with van der Waals surface area (Å²) in [7, 11) is 1.53. The number of pyridine rings is 1. The fourth-order valence-corrected chi connectivity index (χ4v) is 2.14. The Kier molecular flexibility index (Phi) is 5.30. The van der Waals surface area contributed by atoms with E-state index in [1.807, 2.05) is 31.2 Å². The topological polar surface area (TPSA) is 91.1 Å². The quantitative estimate of drug-likeness (QED) is 0.775. The van der Waals surface area contributed by atoms with E-state index in [-0.39, 0.29) is 24.4 Å². The molecule has 0 saturated heterocycles. The number of aromatic amines is 1. The molecule has 0 radical (unpaired) electrons. The summed E-state index contributed by atoms with van der Waals surface area (Å²) in [5.41, 5.74) is 2.19. The molecule has 3 N–H and O–H groups in total. The van der Waals surface area contributed by atoms with Gasteiger partial charge in [0.1, 0.15) is 5.56 Å². The molecule has 0 bridgehead atoms. The predicted molar refractivity (Wildman–Crippen MR) is 88.3 cm³/mol. The van der Waals surface area contributed by atoms with Gasteiger partial charge in [-0.05, 0) is 30.7 Å². The third-order valence-electron chi connectivity index (χ3n) is 3.40. The number of amides is 2. The highest BCUT2D eigenvalue weighted by atomic mass is 16.2. The molecule has 1 aromatic carbocycles. The molecule has 0 atom stereocenters. The minimum Gasteiger partial charge on any atom is -0.359 e. The van der Waals surface area contributed by atoms with Crippen LogP contribution in [0.1, 0.15) is 22.3 Å². The summed E-state index contributed by atoms with van der Waals surface area (Å²) in [6.45, 7) is 2.15. The van der Waals surface area contributed by atoms with E-state index in [0.717, 1.165) is 11.1 Å². The summed E-state index contributed by atoms with van der Waals surface area (Å²) in [5.74, 6) is -0.667. The number of nitrogens with one attached hydrogen (secondary N) is 3. The number of H-pyrrole nitrogens is 1. The van der Waals surface area contributed by atoms with Crippen molar-refractivity contribution < 1.29 is 9.59 Å². The first-order chi connectivity index (χ1) is 11.0. The van der Waals surface area contributed by atoms with E-state index in [1.165, 1.54) is 13.1 Å². The highest BCUT2D eigenvalue weighted by Gasteiger charge is 2.11. The van der Waals surface area contributed by atoms with Crippen molar-refractivity contribution in [1.82, 2.24) is 15.6 Å². The van der Waals surface area contributed by atoms with Crippen LogP contribution in [0.25, 0.3) is 11.3 Å². The molecular formula is C17H19N3O3. The zero-order chi connectivity index (χ0) is 16.8. The van der Waals surface area contributed by atoms with E-state index in [1.54, 1.807) is 6.07 Å². The molecule has 6 nitrogen and oxygen atoms in total. The van der Waals surface area contributed by atoms with Crippen LogP contribution in [-0.4, -0.2) is 30.4 Å². The highest BCUT2D eigenvalue weighted by molar-refractivity contribution is 5.94. The van der Waals surface area contributed by atoms with Gasteiger partial charge in [0.2, 0.25) is 5.91 Å². The molecule has 1 aromatic heterocycles. The van der Waals surface area contributed by atoms with Crippen molar-refractivity contribution in [1.29, 1.82) is 0 Å². The smallest absolute Gasteiger partial charge is 0.261 e. The molecule has 2 aromatic rings. The van der Waals surface area contributed by atoms with Gasteiger partial charge in [0.05, 0.1) is 0 Å². The van der Waals surface area contributed by atoms with Crippen molar-refractivity contribution in [2.75, 3.05) is 13.6 Å². The van der Waals surface area contributed by atoms with Crippen LogP contribution in [-0.2, 0) is 4.79 Å². The van der Waals surface area contributed by atoms with Crippen LogP contribution >= 0.6 is 0 Å². The van der Waals surface area contributed by atoms with Crippen LogP contribution in [0.2, 0.25) is 0 Å². The van der Waals surface area contributed by atoms with Crippen LogP contribution in [0.5, 0.6) is 0 Å². The third kappa shape index (κ3) is 4.29. The predicted octanol–water partition coefficient (Wildman–Crippen LogP) is 1.22. The van der Waals surface area contributed by atoms with E-state index >= 15 is 0 Å². The van der Waals surface area contributed by atoms with Crippen LogP contribution in [0.3, 0.4) is 0 Å². The lowest BCUT2D eigenvalue weighted by atomic mass is 10.1. The molecule has 6 heteroatoms. The maximum atomic E-state index is 12.1. The van der Waals surface area contributed by atoms with Gasteiger partial charge in [0.15, 0.2) is 0 Å². The molecule has 0 aliphatic heterocycles. The summed E-state index contributed by atoms with van der Waals surface area (Å²) in [6.07, 6.45) is 0.168. The van der Waals surface area contributed by atoms with Gasteiger partial charge in [0, 0.05) is 25.7 Å². The van der Waals surface area contributed by atoms with Gasteiger partial charge in [-0.2, -0.15) is 0 Å². The average molecular weight is 313 g/mol. The van der Waals surface area contributed by atoms with Gasteiger partial charge in [-0.1, -0.05) is 23.8 Å². The molecule has 0 fully saturated rings. The van der Waals surface area contributed by atoms with E-state index < -0.39 is 11.5 Å². The van der Waals surface area contributed by atoms with Crippen LogP contribution in [0.15, 0.2) is 41.2 Å². The lowest BCUT2D eigenvalue weighted by Crippen LogP contribution is -2.32. The van der Waals surface area contributed by atoms with Gasteiger partial charge < -0.3 is 15.6 Å². The number of carbonyl (C=O) groups is 2. The van der Waals surface area contributed by atoms with E-state index in [2.05, 4.69) is 15.6 Å². The average Bonchev–Trinajstić information content (AvgIpc) is 2.54. The third-order valence-corrected chi connectivity index (χ3v) is 3.40. The SMILES string of the molecule is CNC(=O)CCNC(=O)c1ccc(-c2cccc(C)c2)[nH]c1=O. The van der Waals surface area contributed by atoms with Crippen molar-refractivity contribution in [3.63, 3.8) is 0 Å². The minimum atomic E-state index is -0.494. The molecule has 2 amide bonds. The molecule has 0 unspecified atom stereocenters. The summed E-state index contributed by atoms with van der Waals surface area (Å²) in [4.78, 5) is 37.9. The number of rotatable bonds is 5. The van der Waals surface area contributed by atoms with Gasteiger partial charge in [-0.25, -0.2) is 0 Å². The molecule has 0 spiro atoms. The Balaban J connectivity index is 2.12. The summed E-state index contributed by atoms with van der Waals surface area (Å²) in [5, 5.41) is 5.02. The Hall–Kier alpha value is -2.89. The Labute approximate surface area is 133 Å². The molecule has 0 saturated carbocycles. The molecule has 1 heterocycles. The van der Waals surface area contributed by atoms with Crippen molar-refractivity contribution in [3.8, 4) is 11.3 Å². The van der Waals surface area contributed by atoms with Crippen molar-refractivity contribution in [3.05, 3.63) is 57.9 Å². The summed E-state index contributed by atoms with van der Waals surface area (Å²) < 4.78 is 0. The van der Waals surface area contributed by atoms with Gasteiger partial charge in [0.25, 0.3) is 11.5 Å². The molecule has 2 rings (SSSR count). The second kappa shape index (κ2) is 7.40. The van der Waals surface area contributed by atoms with Crippen LogP contribution in [0.4, 0.5) is 0 Å². The normalized spacial score (nSPS) is 10.2.